The van der Waals surface area contributed by atoms with Crippen LogP contribution in [0.2, 0.25) is 0 Å². The average Bonchev–Trinajstić information content (AvgIpc) is 3.21. The Hall–Kier alpha value is -2.48. The van der Waals surface area contributed by atoms with Crippen molar-refractivity contribution in [2.75, 3.05) is 29.9 Å². The highest BCUT2D eigenvalue weighted by atomic mass is 19.4. The molecule has 152 valence electrons. The van der Waals surface area contributed by atoms with E-state index < -0.39 is 17.6 Å². The van der Waals surface area contributed by atoms with Gasteiger partial charge in [-0.15, -0.1) is 0 Å². The van der Waals surface area contributed by atoms with Crippen LogP contribution in [-0.4, -0.2) is 25.5 Å². The van der Waals surface area contributed by atoms with Crippen molar-refractivity contribution in [2.24, 2.45) is 0 Å². The molecule has 1 amide bonds. The molecule has 1 fully saturated rings. The number of nitrogens with one attached hydrogen (secondary N) is 2. The summed E-state index contributed by atoms with van der Waals surface area (Å²) in [5.41, 5.74) is 0.0368. The number of furan rings is 1. The maximum absolute atomic E-state index is 13.1. The zero-order valence-corrected chi connectivity index (χ0v) is 15.7. The minimum Gasteiger partial charge on any atom is -0.468 e. The number of hydrogen-bond acceptors (Lipinski definition) is 4. The lowest BCUT2D eigenvalue weighted by Crippen LogP contribution is -2.33. The summed E-state index contributed by atoms with van der Waals surface area (Å²) in [6.07, 6.45) is 0.147. The van der Waals surface area contributed by atoms with Crippen LogP contribution in [0, 0.1) is 0 Å². The number of nitrogens with zero attached hydrogens (tertiary/aromatic N) is 1. The van der Waals surface area contributed by atoms with Crippen molar-refractivity contribution in [1.82, 2.24) is 5.32 Å². The smallest absolute Gasteiger partial charge is 0.416 e. The van der Waals surface area contributed by atoms with Gasteiger partial charge in [-0.05, 0) is 56.5 Å². The summed E-state index contributed by atoms with van der Waals surface area (Å²) in [6.45, 7) is 3.33. The highest BCUT2D eigenvalue weighted by Crippen LogP contribution is 2.36. The van der Waals surface area contributed by atoms with Crippen molar-refractivity contribution < 1.29 is 22.4 Å². The van der Waals surface area contributed by atoms with Crippen molar-refractivity contribution in [1.29, 1.82) is 0 Å². The number of halogens is 3. The Morgan fingerprint density at radius 1 is 1.21 bits per heavy atom. The Labute approximate surface area is 161 Å². The standard InChI is InChI=1S/C20H24F3N3O2/c1-14(18-6-5-11-28-18)24-13-19(27)25-16-12-15(20(21,22)23)7-8-17(16)26-9-3-2-4-10-26/h5-8,11-12,14,24H,2-4,9-10,13H2,1H3,(H,25,27)/t14-/m1/s1. The van der Waals surface area contributed by atoms with Crippen LogP contribution in [0.3, 0.4) is 0 Å². The van der Waals surface area contributed by atoms with Gasteiger partial charge in [-0.1, -0.05) is 0 Å². The molecule has 3 rings (SSSR count). The Bertz CT molecular complexity index is 784. The Morgan fingerprint density at radius 3 is 2.61 bits per heavy atom. The van der Waals surface area contributed by atoms with Gasteiger partial charge in [0.2, 0.25) is 5.91 Å². The Morgan fingerprint density at radius 2 is 1.96 bits per heavy atom. The number of anilines is 2. The van der Waals surface area contributed by atoms with Gasteiger partial charge < -0.3 is 14.6 Å². The summed E-state index contributed by atoms with van der Waals surface area (Å²) in [5.74, 6) is 0.275. The van der Waals surface area contributed by atoms with Gasteiger partial charge in [-0.25, -0.2) is 0 Å². The zero-order chi connectivity index (χ0) is 20.1. The summed E-state index contributed by atoms with van der Waals surface area (Å²) in [4.78, 5) is 14.4. The summed E-state index contributed by atoms with van der Waals surface area (Å²) in [6, 6.07) is 6.87. The number of carbonyl (C=O) groups excluding carboxylic acids is 1. The van der Waals surface area contributed by atoms with Crippen LogP contribution in [0.15, 0.2) is 41.0 Å². The molecule has 2 N–H and O–H groups in total. The van der Waals surface area contributed by atoms with Gasteiger partial charge in [0, 0.05) is 13.1 Å². The van der Waals surface area contributed by atoms with Crippen molar-refractivity contribution in [2.45, 2.75) is 38.4 Å². The number of hydrogen-bond donors (Lipinski definition) is 2. The van der Waals surface area contributed by atoms with Crippen LogP contribution < -0.4 is 15.5 Å². The lowest BCUT2D eigenvalue weighted by Gasteiger charge is -2.31. The van der Waals surface area contributed by atoms with Crippen LogP contribution in [0.25, 0.3) is 0 Å². The Balaban J connectivity index is 1.73. The van der Waals surface area contributed by atoms with E-state index >= 15 is 0 Å². The van der Waals surface area contributed by atoms with Crippen LogP contribution in [0.4, 0.5) is 24.5 Å². The van der Waals surface area contributed by atoms with Crippen molar-refractivity contribution in [3.63, 3.8) is 0 Å². The molecular formula is C20H24F3N3O2. The summed E-state index contributed by atoms with van der Waals surface area (Å²) in [7, 11) is 0. The first kappa shape index (κ1) is 20.3. The maximum Gasteiger partial charge on any atom is 0.416 e. The molecule has 1 aromatic heterocycles. The van der Waals surface area contributed by atoms with Gasteiger partial charge in [0.1, 0.15) is 5.76 Å². The molecule has 1 aliphatic rings. The monoisotopic (exact) mass is 395 g/mol. The third-order valence-electron chi connectivity index (χ3n) is 4.83. The maximum atomic E-state index is 13.1. The van der Waals surface area contributed by atoms with E-state index in [1.165, 1.54) is 6.07 Å². The number of benzene rings is 1. The third-order valence-corrected chi connectivity index (χ3v) is 4.83. The van der Waals surface area contributed by atoms with Crippen molar-refractivity contribution >= 4 is 17.3 Å². The van der Waals surface area contributed by atoms with Gasteiger partial charge in [-0.3, -0.25) is 10.1 Å². The molecule has 5 nitrogen and oxygen atoms in total. The topological polar surface area (TPSA) is 57.5 Å². The van der Waals surface area contributed by atoms with Gasteiger partial charge in [0.25, 0.3) is 0 Å². The zero-order valence-electron chi connectivity index (χ0n) is 15.7. The molecule has 2 heterocycles. The number of alkyl halides is 3. The van der Waals surface area contributed by atoms with Crippen molar-refractivity contribution in [3.05, 3.63) is 47.9 Å². The van der Waals surface area contributed by atoms with Crippen LogP contribution in [0.1, 0.15) is 43.6 Å². The van der Waals surface area contributed by atoms with E-state index in [0.29, 0.717) is 11.4 Å². The lowest BCUT2D eigenvalue weighted by atomic mass is 10.1. The van der Waals surface area contributed by atoms with E-state index in [1.54, 1.807) is 18.4 Å². The number of carbonyl (C=O) groups is 1. The van der Waals surface area contributed by atoms with Gasteiger partial charge >= 0.3 is 6.18 Å². The van der Waals surface area contributed by atoms with E-state index in [-0.39, 0.29) is 18.3 Å². The van der Waals surface area contributed by atoms with E-state index in [9.17, 15) is 18.0 Å². The largest absolute Gasteiger partial charge is 0.468 e. The van der Waals surface area contributed by atoms with E-state index in [2.05, 4.69) is 10.6 Å². The first-order valence-electron chi connectivity index (χ1n) is 9.37. The second-order valence-electron chi connectivity index (χ2n) is 6.94. The molecule has 8 heteroatoms. The minimum absolute atomic E-state index is 0.0441. The lowest BCUT2D eigenvalue weighted by molar-refractivity contribution is -0.137. The first-order valence-corrected chi connectivity index (χ1v) is 9.37. The normalized spacial score (nSPS) is 16.1. The minimum atomic E-state index is -4.47. The summed E-state index contributed by atoms with van der Waals surface area (Å²) < 4.78 is 44.7. The molecule has 0 unspecified atom stereocenters. The summed E-state index contributed by atoms with van der Waals surface area (Å²) in [5, 5.41) is 5.65. The molecule has 0 radical (unpaired) electrons. The van der Waals surface area contributed by atoms with E-state index in [1.807, 2.05) is 11.8 Å². The third kappa shape index (κ3) is 5.07. The molecule has 1 aromatic carbocycles. The summed E-state index contributed by atoms with van der Waals surface area (Å²) >= 11 is 0. The second-order valence-corrected chi connectivity index (χ2v) is 6.94. The number of rotatable bonds is 6. The SMILES string of the molecule is C[C@@H](NCC(=O)Nc1cc(C(F)(F)F)ccc1N1CCCCC1)c1ccco1. The fourth-order valence-electron chi connectivity index (χ4n) is 3.30. The molecule has 1 atom stereocenters. The average molecular weight is 395 g/mol. The van der Waals surface area contributed by atoms with Gasteiger partial charge in [-0.2, -0.15) is 13.2 Å². The van der Waals surface area contributed by atoms with Gasteiger partial charge in [0.05, 0.1) is 35.8 Å². The first-order chi connectivity index (χ1) is 13.3. The highest BCUT2D eigenvalue weighted by Gasteiger charge is 2.31. The van der Waals surface area contributed by atoms with Crippen LogP contribution in [-0.2, 0) is 11.0 Å². The Kier molecular flexibility index (Phi) is 6.28. The molecule has 1 saturated heterocycles. The molecule has 0 saturated carbocycles. The predicted molar refractivity (Wildman–Crippen MR) is 101 cm³/mol. The molecule has 0 bridgehead atoms. The molecular weight excluding hydrogens is 371 g/mol. The van der Waals surface area contributed by atoms with Gasteiger partial charge in [0.15, 0.2) is 0 Å². The van der Waals surface area contributed by atoms with Crippen LogP contribution in [0.5, 0.6) is 0 Å². The number of piperidine rings is 1. The second kappa shape index (κ2) is 8.68. The molecule has 0 spiro atoms. The molecule has 1 aliphatic heterocycles. The quantitative estimate of drug-likeness (QED) is 0.752. The predicted octanol–water partition coefficient (Wildman–Crippen LogP) is 4.58. The van der Waals surface area contributed by atoms with E-state index in [4.69, 9.17) is 4.42 Å². The molecule has 0 aliphatic carbocycles. The van der Waals surface area contributed by atoms with Crippen LogP contribution >= 0.6 is 0 Å². The van der Waals surface area contributed by atoms with Crippen molar-refractivity contribution in [3.8, 4) is 0 Å². The highest BCUT2D eigenvalue weighted by molar-refractivity contribution is 5.95. The molecule has 2 aromatic rings. The fraction of sp³-hybridized carbons (Fsp3) is 0.450. The fourth-order valence-corrected chi connectivity index (χ4v) is 3.30. The van der Waals surface area contributed by atoms with E-state index in [0.717, 1.165) is 44.5 Å². The number of amides is 1. The molecule has 28 heavy (non-hydrogen) atoms.